The van der Waals surface area contributed by atoms with E-state index in [9.17, 15) is 14.0 Å². The van der Waals surface area contributed by atoms with Gasteiger partial charge in [-0.25, -0.2) is 18.7 Å². The monoisotopic (exact) mass is 518 g/mol. The Morgan fingerprint density at radius 3 is 2.62 bits per heavy atom. The van der Waals surface area contributed by atoms with Crippen LogP contribution in [0.2, 0.25) is 0 Å². The Labute approximate surface area is 214 Å². The Hall–Kier alpha value is -4.12. The van der Waals surface area contributed by atoms with Gasteiger partial charge in [0.1, 0.15) is 17.1 Å². The molecule has 1 fully saturated rings. The number of anilines is 1. The summed E-state index contributed by atoms with van der Waals surface area (Å²) >= 11 is 1.29. The van der Waals surface area contributed by atoms with Crippen LogP contribution in [0.15, 0.2) is 56.6 Å². The standard InChI is InChI=1S/C26H23FN6O3S/c1-15-7-5-10-19(16(15)2)33-24(34)21-23(29-25(37-21)31-11-3-4-12-31)32(26(33)35)14-20-28-22(30-36-20)17-8-6-9-18(27)13-17/h5-10,13H,3-4,11-12,14H2,1-2H3. The van der Waals surface area contributed by atoms with Crippen LogP contribution in [0, 0.1) is 19.7 Å². The largest absolute Gasteiger partial charge is 0.348 e. The van der Waals surface area contributed by atoms with Crippen molar-refractivity contribution in [1.29, 1.82) is 0 Å². The van der Waals surface area contributed by atoms with E-state index in [1.165, 1.54) is 32.6 Å². The maximum Gasteiger partial charge on any atom is 0.337 e. The number of aryl methyl sites for hydroxylation is 1. The van der Waals surface area contributed by atoms with E-state index in [0.29, 0.717) is 21.1 Å². The van der Waals surface area contributed by atoms with Crippen LogP contribution in [-0.4, -0.2) is 37.3 Å². The van der Waals surface area contributed by atoms with Crippen LogP contribution in [0.4, 0.5) is 9.52 Å². The summed E-state index contributed by atoms with van der Waals surface area (Å²) in [6.45, 7) is 5.44. The first kappa shape index (κ1) is 23.3. The molecular formula is C26H23FN6O3S. The molecule has 0 spiro atoms. The normalized spacial score (nSPS) is 13.6. The second kappa shape index (κ2) is 9.07. The molecule has 0 radical (unpaired) electrons. The molecule has 188 valence electrons. The van der Waals surface area contributed by atoms with Crippen LogP contribution in [0.25, 0.3) is 27.4 Å². The third kappa shape index (κ3) is 4.05. The summed E-state index contributed by atoms with van der Waals surface area (Å²) in [7, 11) is 0. The number of nitrogens with zero attached hydrogens (tertiary/aromatic N) is 6. The first-order valence-corrected chi connectivity index (χ1v) is 12.8. The number of rotatable bonds is 5. The minimum Gasteiger partial charge on any atom is -0.348 e. The van der Waals surface area contributed by atoms with E-state index in [-0.39, 0.29) is 23.9 Å². The predicted molar refractivity (Wildman–Crippen MR) is 139 cm³/mol. The molecule has 1 aliphatic heterocycles. The highest BCUT2D eigenvalue weighted by molar-refractivity contribution is 7.22. The fourth-order valence-corrected chi connectivity index (χ4v) is 5.65. The quantitative estimate of drug-likeness (QED) is 0.346. The maximum absolute atomic E-state index is 13.9. The van der Waals surface area contributed by atoms with Crippen molar-refractivity contribution in [3.05, 3.63) is 86.1 Å². The average Bonchev–Trinajstić information content (AvgIpc) is 3.65. The van der Waals surface area contributed by atoms with Gasteiger partial charge in [0.05, 0.1) is 5.69 Å². The lowest BCUT2D eigenvalue weighted by molar-refractivity contribution is 0.370. The third-order valence-electron chi connectivity index (χ3n) is 6.71. The summed E-state index contributed by atoms with van der Waals surface area (Å²) in [5.74, 6) is -0.0680. The molecule has 11 heteroatoms. The molecule has 5 aromatic rings. The zero-order valence-electron chi connectivity index (χ0n) is 20.3. The predicted octanol–water partition coefficient (Wildman–Crippen LogP) is 4.06. The lowest BCUT2D eigenvalue weighted by Gasteiger charge is -2.13. The molecule has 37 heavy (non-hydrogen) atoms. The van der Waals surface area contributed by atoms with Gasteiger partial charge in [0.2, 0.25) is 11.7 Å². The molecule has 1 aliphatic rings. The highest BCUT2D eigenvalue weighted by atomic mass is 32.1. The second-order valence-corrected chi connectivity index (χ2v) is 10.1. The van der Waals surface area contributed by atoms with Gasteiger partial charge in [0.15, 0.2) is 10.8 Å². The number of thiazole rings is 1. The summed E-state index contributed by atoms with van der Waals surface area (Å²) in [6, 6.07) is 11.4. The summed E-state index contributed by atoms with van der Waals surface area (Å²) in [6.07, 6.45) is 2.11. The van der Waals surface area contributed by atoms with Gasteiger partial charge in [0, 0.05) is 18.7 Å². The van der Waals surface area contributed by atoms with Crippen molar-refractivity contribution in [3.8, 4) is 17.1 Å². The van der Waals surface area contributed by atoms with E-state index in [4.69, 9.17) is 9.51 Å². The third-order valence-corrected chi connectivity index (χ3v) is 7.80. The topological polar surface area (TPSA) is 99.1 Å². The molecule has 0 amide bonds. The van der Waals surface area contributed by atoms with Gasteiger partial charge in [-0.15, -0.1) is 0 Å². The summed E-state index contributed by atoms with van der Waals surface area (Å²) in [4.78, 5) is 38.8. The number of hydrogen-bond donors (Lipinski definition) is 0. The van der Waals surface area contributed by atoms with Gasteiger partial charge in [-0.1, -0.05) is 40.8 Å². The molecule has 0 saturated carbocycles. The number of hydrogen-bond acceptors (Lipinski definition) is 8. The second-order valence-electron chi connectivity index (χ2n) is 9.09. The van der Waals surface area contributed by atoms with E-state index in [0.717, 1.165) is 37.1 Å². The van der Waals surface area contributed by atoms with E-state index in [2.05, 4.69) is 15.0 Å². The van der Waals surface area contributed by atoms with Gasteiger partial charge in [-0.2, -0.15) is 4.98 Å². The van der Waals surface area contributed by atoms with E-state index in [1.807, 2.05) is 26.0 Å². The molecule has 3 aromatic heterocycles. The summed E-state index contributed by atoms with van der Waals surface area (Å²) in [5, 5.41) is 4.67. The van der Waals surface area contributed by atoms with Crippen LogP contribution >= 0.6 is 11.3 Å². The highest BCUT2D eigenvalue weighted by Crippen LogP contribution is 2.29. The summed E-state index contributed by atoms with van der Waals surface area (Å²) < 4.78 is 22.1. The van der Waals surface area contributed by atoms with Crippen LogP contribution in [0.1, 0.15) is 29.9 Å². The number of fused-ring (bicyclic) bond motifs is 1. The first-order valence-electron chi connectivity index (χ1n) is 12.0. The molecular weight excluding hydrogens is 495 g/mol. The minimum atomic E-state index is -0.546. The number of benzene rings is 2. The lowest BCUT2D eigenvalue weighted by atomic mass is 10.1. The molecule has 0 unspecified atom stereocenters. The van der Waals surface area contributed by atoms with Crippen molar-refractivity contribution in [2.24, 2.45) is 0 Å². The van der Waals surface area contributed by atoms with E-state index >= 15 is 0 Å². The fraction of sp³-hybridized carbons (Fsp3) is 0.269. The van der Waals surface area contributed by atoms with Crippen molar-refractivity contribution in [2.75, 3.05) is 18.0 Å². The van der Waals surface area contributed by atoms with Gasteiger partial charge >= 0.3 is 5.69 Å². The van der Waals surface area contributed by atoms with Gasteiger partial charge in [-0.05, 0) is 56.0 Å². The summed E-state index contributed by atoms with van der Waals surface area (Å²) in [5.41, 5.74) is 2.12. The zero-order valence-corrected chi connectivity index (χ0v) is 21.1. The zero-order chi connectivity index (χ0) is 25.7. The Kier molecular flexibility index (Phi) is 5.71. The van der Waals surface area contributed by atoms with E-state index in [1.54, 1.807) is 18.2 Å². The molecule has 0 bridgehead atoms. The Morgan fingerprint density at radius 2 is 1.84 bits per heavy atom. The smallest absolute Gasteiger partial charge is 0.337 e. The average molecular weight is 519 g/mol. The molecule has 6 rings (SSSR count). The molecule has 4 heterocycles. The van der Waals surface area contributed by atoms with Gasteiger partial charge in [0.25, 0.3) is 5.56 Å². The molecule has 0 N–H and O–H groups in total. The Balaban J connectivity index is 1.53. The first-order chi connectivity index (χ1) is 17.9. The van der Waals surface area contributed by atoms with Crippen molar-refractivity contribution in [3.63, 3.8) is 0 Å². The Bertz CT molecular complexity index is 1760. The molecule has 1 saturated heterocycles. The van der Waals surface area contributed by atoms with Crippen molar-refractivity contribution >= 4 is 26.8 Å². The molecule has 2 aromatic carbocycles. The van der Waals surface area contributed by atoms with Crippen LogP contribution in [0.5, 0.6) is 0 Å². The SMILES string of the molecule is Cc1cccc(-n2c(=O)c3sc(N4CCCC4)nc3n(Cc3nc(-c4cccc(F)c4)no3)c2=O)c1C. The molecule has 0 aliphatic carbocycles. The van der Waals surface area contributed by atoms with Crippen LogP contribution in [-0.2, 0) is 6.54 Å². The van der Waals surface area contributed by atoms with E-state index < -0.39 is 17.1 Å². The fourth-order valence-electron chi connectivity index (χ4n) is 4.60. The minimum absolute atomic E-state index is 0.0913. The van der Waals surface area contributed by atoms with Crippen molar-refractivity contribution in [1.82, 2.24) is 24.3 Å². The Morgan fingerprint density at radius 1 is 1.05 bits per heavy atom. The molecule has 0 atom stereocenters. The lowest BCUT2D eigenvalue weighted by Crippen LogP contribution is -2.39. The highest BCUT2D eigenvalue weighted by Gasteiger charge is 2.24. The van der Waals surface area contributed by atoms with Gasteiger partial charge < -0.3 is 9.42 Å². The van der Waals surface area contributed by atoms with Gasteiger partial charge in [-0.3, -0.25) is 9.36 Å². The van der Waals surface area contributed by atoms with Crippen LogP contribution < -0.4 is 16.1 Å². The van der Waals surface area contributed by atoms with Crippen molar-refractivity contribution < 1.29 is 8.91 Å². The van der Waals surface area contributed by atoms with Crippen molar-refractivity contribution in [2.45, 2.75) is 33.2 Å². The maximum atomic E-state index is 13.9. The van der Waals surface area contributed by atoms with Crippen LogP contribution in [0.3, 0.4) is 0 Å². The number of halogens is 1. The molecule has 9 nitrogen and oxygen atoms in total. The number of aromatic nitrogens is 5.